The van der Waals surface area contributed by atoms with E-state index in [-0.39, 0.29) is 6.54 Å². The van der Waals surface area contributed by atoms with Gasteiger partial charge in [-0.3, -0.25) is 0 Å². The summed E-state index contributed by atoms with van der Waals surface area (Å²) in [6.45, 7) is 7.78. The Hall–Kier alpha value is -2.18. The average molecular weight is 377 g/mol. The zero-order valence-electron chi connectivity index (χ0n) is 13.9. The third kappa shape index (κ3) is 4.67. The zero-order chi connectivity index (χ0) is 18.6. The van der Waals surface area contributed by atoms with Gasteiger partial charge in [0, 0.05) is 10.6 Å². The molecule has 0 saturated carbocycles. The van der Waals surface area contributed by atoms with Gasteiger partial charge in [0.2, 0.25) is 0 Å². The van der Waals surface area contributed by atoms with Crippen LogP contribution < -0.4 is 0 Å². The van der Waals surface area contributed by atoms with Crippen molar-refractivity contribution >= 4 is 40.9 Å². The second kappa shape index (κ2) is 8.27. The number of thiophene rings is 1. The Kier molecular flexibility index (Phi) is 6.33. The molecule has 0 saturated heterocycles. The number of hydrogen-bond donors (Lipinski definition) is 0. The van der Waals surface area contributed by atoms with Crippen LogP contribution in [0.15, 0.2) is 47.5 Å². The van der Waals surface area contributed by atoms with Gasteiger partial charge in [-0.25, -0.2) is 8.78 Å². The van der Waals surface area contributed by atoms with Crippen LogP contribution in [-0.2, 0) is 4.79 Å². The van der Waals surface area contributed by atoms with Crippen LogP contribution >= 0.6 is 23.6 Å². The molecule has 25 heavy (non-hydrogen) atoms. The molecule has 0 aliphatic rings. The number of carbonyl (C=O) groups is 1. The second-order valence-electron chi connectivity index (χ2n) is 5.44. The number of hydrogen-bond acceptors (Lipinski definition) is 3. The molecule has 1 aromatic carbocycles. The molecule has 0 unspecified atom stereocenters. The van der Waals surface area contributed by atoms with Crippen LogP contribution in [-0.4, -0.2) is 22.7 Å². The maximum Gasteiger partial charge on any atom is 0.159 e. The minimum atomic E-state index is -0.869. The second-order valence-corrected chi connectivity index (χ2v) is 6.97. The molecular weight excluding hydrogens is 360 g/mol. The van der Waals surface area contributed by atoms with Crippen LogP contribution in [0.25, 0.3) is 17.2 Å². The molecule has 0 atom stereocenters. The molecule has 2 nitrogen and oxygen atoms in total. The lowest BCUT2D eigenvalue weighted by molar-refractivity contribution is -0.107. The van der Waals surface area contributed by atoms with Crippen LogP contribution in [0.4, 0.5) is 8.78 Å². The molecule has 0 fully saturated rings. The van der Waals surface area contributed by atoms with Gasteiger partial charge >= 0.3 is 0 Å². The number of allylic oxidation sites excluding steroid dienone is 1. The van der Waals surface area contributed by atoms with E-state index in [9.17, 15) is 13.6 Å². The molecule has 0 spiro atoms. The van der Waals surface area contributed by atoms with Crippen molar-refractivity contribution in [3.8, 4) is 11.1 Å². The lowest BCUT2D eigenvalue weighted by Gasteiger charge is -2.23. The first-order chi connectivity index (χ1) is 11.8. The predicted molar refractivity (Wildman–Crippen MR) is 104 cm³/mol. The number of benzene rings is 1. The Morgan fingerprint density at radius 3 is 2.56 bits per heavy atom. The largest absolute Gasteiger partial charge is 0.329 e. The predicted octanol–water partition coefficient (Wildman–Crippen LogP) is 5.46. The summed E-state index contributed by atoms with van der Waals surface area (Å²) in [7, 11) is 0. The first-order valence-corrected chi connectivity index (χ1v) is 8.75. The maximum absolute atomic E-state index is 13.4. The minimum absolute atomic E-state index is 0.157. The van der Waals surface area contributed by atoms with Gasteiger partial charge in [-0.15, -0.1) is 11.3 Å². The summed E-state index contributed by atoms with van der Waals surface area (Å²) in [4.78, 5) is 14.0. The van der Waals surface area contributed by atoms with Crippen LogP contribution in [0.5, 0.6) is 0 Å². The van der Waals surface area contributed by atoms with Gasteiger partial charge in [0.25, 0.3) is 0 Å². The van der Waals surface area contributed by atoms with E-state index in [1.54, 1.807) is 17.9 Å². The summed E-state index contributed by atoms with van der Waals surface area (Å²) in [5.74, 6) is -1.73. The van der Waals surface area contributed by atoms with Gasteiger partial charge in [0.1, 0.15) is 6.29 Å². The Morgan fingerprint density at radius 1 is 1.24 bits per heavy atom. The van der Waals surface area contributed by atoms with Crippen molar-refractivity contribution in [3.05, 3.63) is 64.0 Å². The van der Waals surface area contributed by atoms with Gasteiger partial charge < -0.3 is 9.69 Å². The summed E-state index contributed by atoms with van der Waals surface area (Å²) >= 11 is 6.63. The molecule has 130 valence electrons. The smallest absolute Gasteiger partial charge is 0.159 e. The number of aldehydes is 1. The number of thiocarbonyl (C=S) groups is 1. The standard InChI is InChI=1S/C19H17F2NOS2/c1-12(13(2)22(6-7-23)14(3)24)8-17-9-16(11-25-17)15-4-5-18(20)19(21)10-15/h4-5,7-11H,2,6H2,1,3H3/b12-8+. The number of halogens is 2. The zero-order valence-corrected chi connectivity index (χ0v) is 15.5. The van der Waals surface area contributed by atoms with Crippen LogP contribution in [0.1, 0.15) is 18.7 Å². The lowest BCUT2D eigenvalue weighted by Crippen LogP contribution is -2.28. The van der Waals surface area contributed by atoms with Crippen molar-refractivity contribution in [3.63, 3.8) is 0 Å². The number of nitrogens with zero attached hydrogens (tertiary/aromatic N) is 1. The lowest BCUT2D eigenvalue weighted by atomic mass is 10.1. The number of carbonyl (C=O) groups excluding carboxylic acids is 1. The van der Waals surface area contributed by atoms with Crippen molar-refractivity contribution < 1.29 is 13.6 Å². The van der Waals surface area contributed by atoms with Gasteiger partial charge in [0.05, 0.1) is 11.5 Å². The molecule has 6 heteroatoms. The van der Waals surface area contributed by atoms with E-state index in [4.69, 9.17) is 12.2 Å². The molecule has 0 aliphatic heterocycles. The van der Waals surface area contributed by atoms with E-state index in [2.05, 4.69) is 6.58 Å². The molecule has 0 N–H and O–H groups in total. The molecule has 2 rings (SSSR count). The molecule has 0 amide bonds. The van der Waals surface area contributed by atoms with Gasteiger partial charge in [-0.2, -0.15) is 0 Å². The number of rotatable bonds is 6. The fourth-order valence-corrected chi connectivity index (χ4v) is 3.36. The van der Waals surface area contributed by atoms with E-state index in [0.29, 0.717) is 16.2 Å². The van der Waals surface area contributed by atoms with Crippen LogP contribution in [0, 0.1) is 11.6 Å². The van der Waals surface area contributed by atoms with Crippen LogP contribution in [0.2, 0.25) is 0 Å². The normalized spacial score (nSPS) is 11.3. The highest BCUT2D eigenvalue weighted by Crippen LogP contribution is 2.29. The highest BCUT2D eigenvalue weighted by molar-refractivity contribution is 7.80. The van der Waals surface area contributed by atoms with E-state index in [1.165, 1.54) is 17.4 Å². The van der Waals surface area contributed by atoms with Crippen molar-refractivity contribution in [2.75, 3.05) is 6.54 Å². The topological polar surface area (TPSA) is 20.3 Å². The van der Waals surface area contributed by atoms with Gasteiger partial charge in [0.15, 0.2) is 11.6 Å². The third-order valence-electron chi connectivity index (χ3n) is 3.65. The Labute approximate surface area is 155 Å². The summed E-state index contributed by atoms with van der Waals surface area (Å²) < 4.78 is 26.4. The summed E-state index contributed by atoms with van der Waals surface area (Å²) in [6.07, 6.45) is 2.70. The van der Waals surface area contributed by atoms with E-state index in [0.717, 1.165) is 28.4 Å². The molecule has 2 aromatic rings. The monoisotopic (exact) mass is 377 g/mol. The molecule has 0 aliphatic carbocycles. The van der Waals surface area contributed by atoms with E-state index < -0.39 is 11.6 Å². The van der Waals surface area contributed by atoms with Crippen molar-refractivity contribution in [1.82, 2.24) is 4.90 Å². The highest BCUT2D eigenvalue weighted by Gasteiger charge is 2.11. The average Bonchev–Trinajstić information content (AvgIpc) is 3.02. The van der Waals surface area contributed by atoms with E-state index >= 15 is 0 Å². The molecule has 0 bridgehead atoms. The summed E-state index contributed by atoms with van der Waals surface area (Å²) in [5, 5.41) is 1.88. The fraction of sp³-hybridized carbons (Fsp3) is 0.158. The summed E-state index contributed by atoms with van der Waals surface area (Å²) in [6, 6.07) is 5.73. The molecule has 0 radical (unpaired) electrons. The molecular formula is C19H17F2NOS2. The van der Waals surface area contributed by atoms with Crippen molar-refractivity contribution in [2.45, 2.75) is 13.8 Å². The summed E-state index contributed by atoms with van der Waals surface area (Å²) in [5.41, 5.74) is 2.94. The highest BCUT2D eigenvalue weighted by atomic mass is 32.1. The Morgan fingerprint density at radius 2 is 1.96 bits per heavy atom. The minimum Gasteiger partial charge on any atom is -0.329 e. The molecule has 1 aromatic heterocycles. The van der Waals surface area contributed by atoms with Crippen LogP contribution in [0.3, 0.4) is 0 Å². The van der Waals surface area contributed by atoms with Gasteiger partial charge in [-0.05, 0) is 60.2 Å². The van der Waals surface area contributed by atoms with Crippen molar-refractivity contribution in [1.29, 1.82) is 0 Å². The van der Waals surface area contributed by atoms with E-state index in [1.807, 2.05) is 24.4 Å². The third-order valence-corrected chi connectivity index (χ3v) is 4.75. The quantitative estimate of drug-likeness (QED) is 0.379. The first kappa shape index (κ1) is 19.1. The SMILES string of the molecule is C=C(/C(C)=C/c1cc(-c2ccc(F)c(F)c2)cs1)N(CC=O)C(C)=S. The van der Waals surface area contributed by atoms with Crippen molar-refractivity contribution in [2.24, 2.45) is 0 Å². The molecule has 1 heterocycles. The Balaban J connectivity index is 2.25. The first-order valence-electron chi connectivity index (χ1n) is 7.46. The maximum atomic E-state index is 13.4. The van der Waals surface area contributed by atoms with Gasteiger partial charge in [-0.1, -0.05) is 24.9 Å². The fourth-order valence-electron chi connectivity index (χ4n) is 2.27. The Bertz CT molecular complexity index is 855.